The van der Waals surface area contributed by atoms with Gasteiger partial charge in [-0.15, -0.1) is 0 Å². The third-order valence-electron chi connectivity index (χ3n) is 5.25. The molecular weight excluding hydrogens is 362 g/mol. The van der Waals surface area contributed by atoms with Crippen molar-refractivity contribution >= 4 is 23.2 Å². The highest BCUT2D eigenvalue weighted by Gasteiger charge is 2.18. The van der Waals surface area contributed by atoms with Crippen LogP contribution in [-0.4, -0.2) is 42.1 Å². The number of amides is 1. The van der Waals surface area contributed by atoms with E-state index in [4.69, 9.17) is 0 Å². The van der Waals surface area contributed by atoms with Crippen molar-refractivity contribution in [3.05, 3.63) is 78.1 Å². The first kappa shape index (κ1) is 18.9. The predicted octanol–water partition coefficient (Wildman–Crippen LogP) is 3.29. The quantitative estimate of drug-likeness (QED) is 0.728. The molecule has 4 rings (SSSR count). The van der Waals surface area contributed by atoms with Gasteiger partial charge in [0, 0.05) is 32.4 Å². The van der Waals surface area contributed by atoms with Crippen LogP contribution in [0.2, 0.25) is 0 Å². The van der Waals surface area contributed by atoms with Gasteiger partial charge >= 0.3 is 0 Å². The summed E-state index contributed by atoms with van der Waals surface area (Å²) in [6.45, 7) is 5.69. The number of anilines is 3. The van der Waals surface area contributed by atoms with E-state index in [0.717, 1.165) is 48.8 Å². The summed E-state index contributed by atoms with van der Waals surface area (Å²) >= 11 is 0. The fourth-order valence-electron chi connectivity index (χ4n) is 3.55. The molecule has 1 saturated heterocycles. The molecule has 3 heterocycles. The SMILES string of the molecule is Cc1ccccc1CC(=O)Nc1ccc(N2CCN(c3ccccn3)CC2)cn1. The molecule has 6 heteroatoms. The van der Waals surface area contributed by atoms with Gasteiger partial charge in [-0.3, -0.25) is 4.79 Å². The van der Waals surface area contributed by atoms with Gasteiger partial charge in [-0.1, -0.05) is 30.3 Å². The third kappa shape index (κ3) is 4.71. The monoisotopic (exact) mass is 387 g/mol. The van der Waals surface area contributed by atoms with Crippen molar-refractivity contribution in [3.8, 4) is 0 Å². The zero-order valence-corrected chi connectivity index (χ0v) is 16.6. The summed E-state index contributed by atoms with van der Waals surface area (Å²) < 4.78 is 0. The largest absolute Gasteiger partial charge is 0.367 e. The molecule has 1 amide bonds. The van der Waals surface area contributed by atoms with Gasteiger partial charge < -0.3 is 15.1 Å². The molecule has 1 aliphatic heterocycles. The van der Waals surface area contributed by atoms with Crippen molar-refractivity contribution < 1.29 is 4.79 Å². The van der Waals surface area contributed by atoms with Crippen LogP contribution in [0.25, 0.3) is 0 Å². The molecule has 0 atom stereocenters. The van der Waals surface area contributed by atoms with E-state index in [9.17, 15) is 4.79 Å². The van der Waals surface area contributed by atoms with E-state index >= 15 is 0 Å². The van der Waals surface area contributed by atoms with E-state index in [2.05, 4.69) is 25.1 Å². The number of carbonyl (C=O) groups is 1. The van der Waals surface area contributed by atoms with Crippen molar-refractivity contribution in [2.75, 3.05) is 41.3 Å². The fraction of sp³-hybridized carbons (Fsp3) is 0.261. The minimum absolute atomic E-state index is 0.0523. The molecule has 0 spiro atoms. The summed E-state index contributed by atoms with van der Waals surface area (Å²) in [5.41, 5.74) is 3.23. The molecule has 1 fully saturated rings. The topological polar surface area (TPSA) is 61.4 Å². The maximum Gasteiger partial charge on any atom is 0.229 e. The first-order valence-electron chi connectivity index (χ1n) is 9.90. The number of aryl methyl sites for hydroxylation is 1. The minimum atomic E-state index is -0.0523. The highest BCUT2D eigenvalue weighted by Crippen LogP contribution is 2.20. The van der Waals surface area contributed by atoms with Crippen molar-refractivity contribution in [1.82, 2.24) is 9.97 Å². The number of nitrogens with zero attached hydrogens (tertiary/aromatic N) is 4. The van der Waals surface area contributed by atoms with Crippen LogP contribution in [0.4, 0.5) is 17.3 Å². The Bertz CT molecular complexity index is 951. The van der Waals surface area contributed by atoms with Crippen LogP contribution in [0.15, 0.2) is 67.0 Å². The molecule has 1 aromatic carbocycles. The fourth-order valence-corrected chi connectivity index (χ4v) is 3.55. The number of nitrogens with one attached hydrogen (secondary N) is 1. The first-order chi connectivity index (χ1) is 14.2. The van der Waals surface area contributed by atoms with Crippen LogP contribution in [-0.2, 0) is 11.2 Å². The van der Waals surface area contributed by atoms with Crippen LogP contribution in [0.3, 0.4) is 0 Å². The van der Waals surface area contributed by atoms with Gasteiger partial charge in [0.15, 0.2) is 0 Å². The van der Waals surface area contributed by atoms with Crippen molar-refractivity contribution in [3.63, 3.8) is 0 Å². The van der Waals surface area contributed by atoms with Crippen LogP contribution in [0.5, 0.6) is 0 Å². The van der Waals surface area contributed by atoms with Gasteiger partial charge in [-0.05, 0) is 42.3 Å². The Labute approximate surface area is 171 Å². The molecule has 148 valence electrons. The molecule has 3 aromatic rings. The van der Waals surface area contributed by atoms with E-state index in [0.29, 0.717) is 12.2 Å². The normalized spacial score (nSPS) is 14.0. The second kappa shape index (κ2) is 8.73. The standard InChI is InChI=1S/C23H25N5O/c1-18-6-2-3-7-19(18)16-23(29)26-21-10-9-20(17-25-21)27-12-14-28(15-13-27)22-8-4-5-11-24-22/h2-11,17H,12-16H2,1H3,(H,25,26,29). The Morgan fingerprint density at radius 1 is 0.931 bits per heavy atom. The zero-order chi connectivity index (χ0) is 20.1. The number of rotatable bonds is 5. The third-order valence-corrected chi connectivity index (χ3v) is 5.25. The Morgan fingerprint density at radius 3 is 2.38 bits per heavy atom. The lowest BCUT2D eigenvalue weighted by Gasteiger charge is -2.36. The summed E-state index contributed by atoms with van der Waals surface area (Å²) in [6, 6.07) is 17.8. The first-order valence-corrected chi connectivity index (χ1v) is 9.90. The predicted molar refractivity (Wildman–Crippen MR) is 116 cm³/mol. The van der Waals surface area contributed by atoms with E-state index in [1.54, 1.807) is 0 Å². The average Bonchev–Trinajstić information content (AvgIpc) is 2.77. The van der Waals surface area contributed by atoms with Crippen LogP contribution in [0, 0.1) is 6.92 Å². The van der Waals surface area contributed by atoms with Gasteiger partial charge in [-0.25, -0.2) is 9.97 Å². The van der Waals surface area contributed by atoms with Crippen molar-refractivity contribution in [1.29, 1.82) is 0 Å². The summed E-state index contributed by atoms with van der Waals surface area (Å²) in [7, 11) is 0. The molecule has 0 unspecified atom stereocenters. The number of hydrogen-bond acceptors (Lipinski definition) is 5. The molecule has 0 bridgehead atoms. The molecule has 6 nitrogen and oxygen atoms in total. The molecule has 2 aromatic heterocycles. The number of carbonyl (C=O) groups excluding carboxylic acids is 1. The average molecular weight is 387 g/mol. The number of hydrogen-bond donors (Lipinski definition) is 1. The lowest BCUT2D eigenvalue weighted by Crippen LogP contribution is -2.46. The summed E-state index contributed by atoms with van der Waals surface area (Å²) in [6.07, 6.45) is 4.02. The van der Waals surface area contributed by atoms with Gasteiger partial charge in [0.2, 0.25) is 5.91 Å². The zero-order valence-electron chi connectivity index (χ0n) is 16.6. The molecule has 0 radical (unpaired) electrons. The Morgan fingerprint density at radius 2 is 1.69 bits per heavy atom. The summed E-state index contributed by atoms with van der Waals surface area (Å²) in [4.78, 5) is 25.8. The van der Waals surface area contributed by atoms with E-state index in [1.165, 1.54) is 0 Å². The number of piperazine rings is 1. The Hall–Kier alpha value is -3.41. The van der Waals surface area contributed by atoms with Gasteiger partial charge in [0.1, 0.15) is 11.6 Å². The maximum absolute atomic E-state index is 12.3. The number of aromatic nitrogens is 2. The number of benzene rings is 1. The summed E-state index contributed by atoms with van der Waals surface area (Å²) in [5.74, 6) is 1.56. The molecule has 1 N–H and O–H groups in total. The van der Waals surface area contributed by atoms with Gasteiger partial charge in [-0.2, -0.15) is 0 Å². The minimum Gasteiger partial charge on any atom is -0.367 e. The molecular formula is C23H25N5O. The van der Waals surface area contributed by atoms with E-state index in [1.807, 2.05) is 73.9 Å². The summed E-state index contributed by atoms with van der Waals surface area (Å²) in [5, 5.41) is 2.89. The molecule has 1 aliphatic rings. The second-order valence-electron chi connectivity index (χ2n) is 7.22. The second-order valence-corrected chi connectivity index (χ2v) is 7.22. The highest BCUT2D eigenvalue weighted by atomic mass is 16.1. The molecule has 0 aliphatic carbocycles. The molecule has 29 heavy (non-hydrogen) atoms. The van der Waals surface area contributed by atoms with Crippen LogP contribution in [0.1, 0.15) is 11.1 Å². The van der Waals surface area contributed by atoms with E-state index < -0.39 is 0 Å². The Kier molecular flexibility index (Phi) is 5.70. The van der Waals surface area contributed by atoms with Gasteiger partial charge in [0.05, 0.1) is 18.3 Å². The smallest absolute Gasteiger partial charge is 0.229 e. The molecule has 0 saturated carbocycles. The van der Waals surface area contributed by atoms with Crippen molar-refractivity contribution in [2.24, 2.45) is 0 Å². The van der Waals surface area contributed by atoms with Crippen LogP contribution >= 0.6 is 0 Å². The van der Waals surface area contributed by atoms with Crippen LogP contribution < -0.4 is 15.1 Å². The Balaban J connectivity index is 1.31. The highest BCUT2D eigenvalue weighted by molar-refractivity contribution is 5.91. The number of pyridine rings is 2. The lowest BCUT2D eigenvalue weighted by molar-refractivity contribution is -0.115. The maximum atomic E-state index is 12.3. The van der Waals surface area contributed by atoms with E-state index in [-0.39, 0.29) is 5.91 Å². The lowest BCUT2D eigenvalue weighted by atomic mass is 10.1. The van der Waals surface area contributed by atoms with Crippen molar-refractivity contribution in [2.45, 2.75) is 13.3 Å². The van der Waals surface area contributed by atoms with Gasteiger partial charge in [0.25, 0.3) is 0 Å².